The van der Waals surface area contributed by atoms with Crippen LogP contribution in [-0.4, -0.2) is 64.9 Å². The summed E-state index contributed by atoms with van der Waals surface area (Å²) in [7, 11) is 0. The molecule has 4 atom stereocenters. The van der Waals surface area contributed by atoms with Crippen molar-refractivity contribution in [3.05, 3.63) is 0 Å². The Morgan fingerprint density at radius 3 is 2.08 bits per heavy atom. The van der Waals surface area contributed by atoms with Crippen LogP contribution in [0.4, 0.5) is 0 Å². The maximum atomic E-state index is 13.1. The van der Waals surface area contributed by atoms with E-state index in [1.54, 1.807) is 13.8 Å². The van der Waals surface area contributed by atoms with Crippen LogP contribution in [-0.2, 0) is 19.2 Å². The summed E-state index contributed by atoms with van der Waals surface area (Å²) >= 11 is 0. The third-order valence-electron chi connectivity index (χ3n) is 6.57. The molecule has 0 aliphatic carbocycles. The Labute approximate surface area is 221 Å². The molecule has 5 N–H and O–H groups in total. The lowest BCUT2D eigenvalue weighted by Crippen LogP contribution is -2.57. The molecule has 0 saturated heterocycles. The predicted molar refractivity (Wildman–Crippen MR) is 146 cm³/mol. The van der Waals surface area contributed by atoms with E-state index < -0.39 is 41.4 Å². The van der Waals surface area contributed by atoms with Crippen LogP contribution < -0.4 is 16.4 Å². The Kier molecular flexibility index (Phi) is 14.3. The standard InChI is InChI=1S/C27H47N5O5/c1-6-7-8-9-10-11-12-13-22(33)27(16-29-17-30-27)15-20(28)24(34)31-21(14-18(2)3)25(35)32-23(19(4)5)26(36)37/h16-21,23H,6-15,28H2,1-5H3,(H,31,34)(H,32,35)(H,36,37)/t20-,21-,23-,27-/m0/s1. The lowest BCUT2D eigenvalue weighted by atomic mass is 9.85. The van der Waals surface area contributed by atoms with Gasteiger partial charge >= 0.3 is 5.97 Å². The fourth-order valence-electron chi connectivity index (χ4n) is 4.33. The van der Waals surface area contributed by atoms with Crippen molar-refractivity contribution in [3.63, 3.8) is 0 Å². The van der Waals surface area contributed by atoms with Gasteiger partial charge in [-0.2, -0.15) is 0 Å². The number of ketones is 1. The largest absolute Gasteiger partial charge is 0.480 e. The number of carbonyl (C=O) groups is 4. The topological polar surface area (TPSA) is 163 Å². The summed E-state index contributed by atoms with van der Waals surface area (Å²) in [5.74, 6) is -2.73. The van der Waals surface area contributed by atoms with E-state index in [0.717, 1.165) is 25.7 Å². The summed E-state index contributed by atoms with van der Waals surface area (Å²) in [5.41, 5.74) is 4.92. The van der Waals surface area contributed by atoms with Crippen LogP contribution in [0.25, 0.3) is 0 Å². The molecule has 0 fully saturated rings. The zero-order valence-corrected chi connectivity index (χ0v) is 23.2. The molecule has 0 spiro atoms. The molecular weight excluding hydrogens is 474 g/mol. The van der Waals surface area contributed by atoms with Gasteiger partial charge < -0.3 is 21.5 Å². The number of aliphatic imine (C=N–C) groups is 2. The van der Waals surface area contributed by atoms with Crippen molar-refractivity contribution in [2.24, 2.45) is 27.6 Å². The fraction of sp³-hybridized carbons (Fsp3) is 0.778. The van der Waals surface area contributed by atoms with Crippen molar-refractivity contribution in [2.75, 3.05) is 0 Å². The fourth-order valence-corrected chi connectivity index (χ4v) is 4.33. The molecule has 0 aromatic heterocycles. The lowest BCUT2D eigenvalue weighted by Gasteiger charge is -2.27. The van der Waals surface area contributed by atoms with Gasteiger partial charge in [-0.25, -0.2) is 9.79 Å². The Balaban J connectivity index is 2.78. The molecular formula is C27H47N5O5. The number of Topliss-reactive ketones (excluding diaryl/α,β-unsaturated/α-hetero) is 1. The first kappa shape index (κ1) is 32.4. The van der Waals surface area contributed by atoms with Crippen molar-refractivity contribution in [1.82, 2.24) is 10.6 Å². The highest BCUT2D eigenvalue weighted by Gasteiger charge is 2.41. The number of amides is 2. The molecule has 1 aliphatic heterocycles. The third kappa shape index (κ3) is 11.1. The van der Waals surface area contributed by atoms with E-state index in [2.05, 4.69) is 27.5 Å². The summed E-state index contributed by atoms with van der Waals surface area (Å²) in [6.07, 6.45) is 10.9. The summed E-state index contributed by atoms with van der Waals surface area (Å²) in [6, 6.07) is -3.15. The first-order valence-corrected chi connectivity index (χ1v) is 13.6. The highest BCUT2D eigenvalue weighted by Crippen LogP contribution is 2.24. The normalized spacial score (nSPS) is 19.1. The highest BCUT2D eigenvalue weighted by molar-refractivity contribution is 6.09. The molecule has 1 heterocycles. The SMILES string of the molecule is CCCCCCCCCC(=O)[C@]1(C[C@H](N)C(=O)N[C@@H](CC(C)C)C(=O)N[C@H](C(=O)O)C(C)C)C=NC=N1. The molecule has 1 aliphatic rings. The second kappa shape index (κ2) is 16.3. The molecule has 0 radical (unpaired) electrons. The van der Waals surface area contributed by atoms with Gasteiger partial charge in [0.2, 0.25) is 11.8 Å². The lowest BCUT2D eigenvalue weighted by molar-refractivity contribution is -0.143. The second-order valence-electron chi connectivity index (χ2n) is 10.8. The first-order chi connectivity index (χ1) is 17.4. The number of carbonyl (C=O) groups excluding carboxylic acids is 3. The van der Waals surface area contributed by atoms with E-state index in [1.807, 2.05) is 13.8 Å². The molecule has 0 unspecified atom stereocenters. The van der Waals surface area contributed by atoms with Gasteiger partial charge in [0.25, 0.3) is 0 Å². The summed E-state index contributed by atoms with van der Waals surface area (Å²) in [6.45, 7) is 9.35. The average Bonchev–Trinajstić information content (AvgIpc) is 3.30. The molecule has 0 aromatic rings. The molecule has 1 rings (SSSR count). The van der Waals surface area contributed by atoms with Crippen molar-refractivity contribution < 1.29 is 24.3 Å². The van der Waals surface area contributed by atoms with Crippen molar-refractivity contribution in [2.45, 2.75) is 122 Å². The van der Waals surface area contributed by atoms with Crippen LogP contribution in [0.2, 0.25) is 0 Å². The maximum absolute atomic E-state index is 13.1. The number of carboxylic acids is 1. The number of hydrogen-bond acceptors (Lipinski definition) is 7. The average molecular weight is 522 g/mol. The minimum Gasteiger partial charge on any atom is -0.480 e. The molecule has 0 bridgehead atoms. The summed E-state index contributed by atoms with van der Waals surface area (Å²) in [5, 5.41) is 14.6. The Bertz CT molecular complexity index is 812. The van der Waals surface area contributed by atoms with E-state index in [4.69, 9.17) is 5.73 Å². The second-order valence-corrected chi connectivity index (χ2v) is 10.8. The number of aliphatic carboxylic acids is 1. The first-order valence-electron chi connectivity index (χ1n) is 13.6. The highest BCUT2D eigenvalue weighted by atomic mass is 16.4. The molecule has 2 amide bonds. The Hall–Kier alpha value is -2.62. The van der Waals surface area contributed by atoms with Gasteiger partial charge in [-0.05, 0) is 24.7 Å². The van der Waals surface area contributed by atoms with Gasteiger partial charge in [-0.15, -0.1) is 0 Å². The van der Waals surface area contributed by atoms with Gasteiger partial charge in [0.1, 0.15) is 18.4 Å². The maximum Gasteiger partial charge on any atom is 0.326 e. The van der Waals surface area contributed by atoms with Crippen molar-refractivity contribution >= 4 is 36.1 Å². The molecule has 0 saturated carbocycles. The molecule has 10 nitrogen and oxygen atoms in total. The Morgan fingerprint density at radius 1 is 0.946 bits per heavy atom. The quantitative estimate of drug-likeness (QED) is 0.191. The number of nitrogens with one attached hydrogen (secondary N) is 2. The molecule has 0 aromatic carbocycles. The van der Waals surface area contributed by atoms with Crippen molar-refractivity contribution in [1.29, 1.82) is 0 Å². The van der Waals surface area contributed by atoms with Crippen molar-refractivity contribution in [3.8, 4) is 0 Å². The number of carboxylic acid groups (broad SMARTS) is 1. The van der Waals surface area contributed by atoms with E-state index in [0.29, 0.717) is 12.8 Å². The van der Waals surface area contributed by atoms with E-state index in [1.165, 1.54) is 31.8 Å². The van der Waals surface area contributed by atoms with Gasteiger partial charge in [-0.1, -0.05) is 73.1 Å². The zero-order valence-electron chi connectivity index (χ0n) is 23.2. The minimum absolute atomic E-state index is 0.0519. The Morgan fingerprint density at radius 2 is 1.57 bits per heavy atom. The number of unbranched alkanes of at least 4 members (excludes halogenated alkanes) is 6. The third-order valence-corrected chi connectivity index (χ3v) is 6.57. The predicted octanol–water partition coefficient (Wildman–Crippen LogP) is 3.02. The molecule has 10 heteroatoms. The summed E-state index contributed by atoms with van der Waals surface area (Å²) in [4.78, 5) is 58.7. The van der Waals surface area contributed by atoms with Crippen LogP contribution >= 0.6 is 0 Å². The molecule has 37 heavy (non-hydrogen) atoms. The van der Waals surface area contributed by atoms with Crippen LogP contribution in [0.1, 0.15) is 98.8 Å². The number of hydrogen-bond donors (Lipinski definition) is 4. The van der Waals surface area contributed by atoms with Crippen LogP contribution in [0.15, 0.2) is 9.98 Å². The van der Waals surface area contributed by atoms with Crippen LogP contribution in [0.5, 0.6) is 0 Å². The van der Waals surface area contributed by atoms with Crippen LogP contribution in [0.3, 0.4) is 0 Å². The molecule has 210 valence electrons. The van der Waals surface area contributed by atoms with Gasteiger partial charge in [-0.3, -0.25) is 19.4 Å². The van der Waals surface area contributed by atoms with E-state index in [9.17, 15) is 24.3 Å². The van der Waals surface area contributed by atoms with Gasteiger partial charge in [0.05, 0.1) is 6.04 Å². The van der Waals surface area contributed by atoms with E-state index in [-0.39, 0.29) is 24.0 Å². The summed E-state index contributed by atoms with van der Waals surface area (Å²) < 4.78 is 0. The van der Waals surface area contributed by atoms with Gasteiger partial charge in [0.15, 0.2) is 11.3 Å². The van der Waals surface area contributed by atoms with Crippen LogP contribution in [0, 0.1) is 11.8 Å². The smallest absolute Gasteiger partial charge is 0.326 e. The number of nitrogens with zero attached hydrogens (tertiary/aromatic N) is 2. The van der Waals surface area contributed by atoms with E-state index >= 15 is 0 Å². The number of nitrogens with two attached hydrogens (primary N) is 1. The minimum atomic E-state index is -1.28. The number of rotatable bonds is 19. The monoisotopic (exact) mass is 521 g/mol. The van der Waals surface area contributed by atoms with Gasteiger partial charge in [0, 0.05) is 19.1 Å². The zero-order chi connectivity index (χ0) is 28.0.